The van der Waals surface area contributed by atoms with Crippen molar-refractivity contribution in [3.05, 3.63) is 72.4 Å². The number of anilines is 2. The fraction of sp³-hybridized carbons (Fsp3) is 0.0556. The van der Waals surface area contributed by atoms with Crippen molar-refractivity contribution < 1.29 is 4.39 Å². The normalized spacial score (nSPS) is 10.9. The van der Waals surface area contributed by atoms with Crippen LogP contribution in [0.5, 0.6) is 0 Å². The molecule has 0 fully saturated rings. The largest absolute Gasteiger partial charge is 0.340 e. The van der Waals surface area contributed by atoms with E-state index in [1.54, 1.807) is 23.0 Å². The number of nitrogens with zero attached hydrogens (tertiary/aromatic N) is 4. The van der Waals surface area contributed by atoms with Gasteiger partial charge in [0.05, 0.1) is 17.3 Å². The summed E-state index contributed by atoms with van der Waals surface area (Å²) >= 11 is 0. The van der Waals surface area contributed by atoms with E-state index in [1.165, 1.54) is 18.5 Å². The zero-order chi connectivity index (χ0) is 16.5. The van der Waals surface area contributed by atoms with E-state index in [2.05, 4.69) is 20.4 Å². The number of aryl methyl sites for hydroxylation is 1. The third-order valence-corrected chi connectivity index (χ3v) is 3.72. The van der Waals surface area contributed by atoms with Gasteiger partial charge in [-0.25, -0.2) is 19.0 Å². The molecule has 2 heterocycles. The third kappa shape index (κ3) is 2.58. The molecule has 0 aliphatic carbocycles. The lowest BCUT2D eigenvalue weighted by atomic mass is 10.2. The maximum Gasteiger partial charge on any atom is 0.168 e. The Balaban J connectivity index is 1.77. The summed E-state index contributed by atoms with van der Waals surface area (Å²) < 4.78 is 14.8. The van der Waals surface area contributed by atoms with Crippen LogP contribution in [0.3, 0.4) is 0 Å². The molecule has 0 saturated heterocycles. The van der Waals surface area contributed by atoms with Gasteiger partial charge in [0, 0.05) is 5.69 Å². The highest BCUT2D eigenvalue weighted by atomic mass is 19.1. The number of benzene rings is 2. The Morgan fingerprint density at radius 3 is 2.67 bits per heavy atom. The highest BCUT2D eigenvalue weighted by Gasteiger charge is 2.11. The number of hydrogen-bond donors (Lipinski definition) is 1. The molecule has 0 unspecified atom stereocenters. The van der Waals surface area contributed by atoms with Crippen LogP contribution in [0.4, 0.5) is 15.9 Å². The summed E-state index contributed by atoms with van der Waals surface area (Å²) in [6.07, 6.45) is 3.19. The Kier molecular flexibility index (Phi) is 3.42. The van der Waals surface area contributed by atoms with E-state index in [0.717, 1.165) is 22.3 Å². The van der Waals surface area contributed by atoms with Gasteiger partial charge in [-0.3, -0.25) is 0 Å². The molecule has 2 aromatic carbocycles. The lowest BCUT2D eigenvalue weighted by molar-refractivity contribution is 0.627. The van der Waals surface area contributed by atoms with E-state index in [1.807, 2.05) is 31.2 Å². The maximum atomic E-state index is 13.1. The van der Waals surface area contributed by atoms with Crippen LogP contribution in [0, 0.1) is 12.7 Å². The van der Waals surface area contributed by atoms with Crippen LogP contribution in [0.2, 0.25) is 0 Å². The van der Waals surface area contributed by atoms with E-state index in [4.69, 9.17) is 0 Å². The quantitative estimate of drug-likeness (QED) is 0.620. The van der Waals surface area contributed by atoms with E-state index in [9.17, 15) is 4.39 Å². The molecule has 0 amide bonds. The molecule has 4 aromatic rings. The summed E-state index contributed by atoms with van der Waals surface area (Å²) in [5.41, 5.74) is 3.51. The molecule has 0 spiro atoms. The minimum absolute atomic E-state index is 0.286. The monoisotopic (exact) mass is 319 g/mol. The Morgan fingerprint density at radius 2 is 1.88 bits per heavy atom. The predicted octanol–water partition coefficient (Wildman–Crippen LogP) is 4.01. The summed E-state index contributed by atoms with van der Waals surface area (Å²) in [5, 5.41) is 8.46. The Labute approximate surface area is 137 Å². The second-order valence-electron chi connectivity index (χ2n) is 5.49. The maximum absolute atomic E-state index is 13.1. The van der Waals surface area contributed by atoms with Gasteiger partial charge in [-0.2, -0.15) is 5.10 Å². The molecule has 0 aliphatic heterocycles. The van der Waals surface area contributed by atoms with E-state index in [0.29, 0.717) is 11.5 Å². The SMILES string of the molecule is Cc1cccc(Nc2ncnc3c2cnn3-c2ccc(F)cc2)c1. The second-order valence-corrected chi connectivity index (χ2v) is 5.49. The number of aromatic nitrogens is 4. The van der Waals surface area contributed by atoms with Gasteiger partial charge in [-0.05, 0) is 48.9 Å². The summed E-state index contributed by atoms with van der Waals surface area (Å²) in [5.74, 6) is 0.394. The van der Waals surface area contributed by atoms with Crippen LogP contribution in [0.15, 0.2) is 61.1 Å². The average molecular weight is 319 g/mol. The lowest BCUT2D eigenvalue weighted by Gasteiger charge is -2.07. The van der Waals surface area contributed by atoms with E-state index >= 15 is 0 Å². The Morgan fingerprint density at radius 1 is 1.04 bits per heavy atom. The topological polar surface area (TPSA) is 55.6 Å². The van der Waals surface area contributed by atoms with Crippen molar-refractivity contribution in [3.8, 4) is 5.69 Å². The van der Waals surface area contributed by atoms with Crippen LogP contribution in [0.25, 0.3) is 16.7 Å². The van der Waals surface area contributed by atoms with Gasteiger partial charge in [0.1, 0.15) is 18.0 Å². The number of fused-ring (bicyclic) bond motifs is 1. The first kappa shape index (κ1) is 14.3. The van der Waals surface area contributed by atoms with Gasteiger partial charge in [0.2, 0.25) is 0 Å². The van der Waals surface area contributed by atoms with Gasteiger partial charge in [-0.1, -0.05) is 12.1 Å². The van der Waals surface area contributed by atoms with Crippen molar-refractivity contribution >= 4 is 22.5 Å². The number of halogens is 1. The molecular weight excluding hydrogens is 305 g/mol. The molecule has 0 radical (unpaired) electrons. The second kappa shape index (κ2) is 5.73. The van der Waals surface area contributed by atoms with Crippen LogP contribution >= 0.6 is 0 Å². The Bertz CT molecular complexity index is 1010. The molecular formula is C18H14FN5. The summed E-state index contributed by atoms with van der Waals surface area (Å²) in [6.45, 7) is 2.04. The van der Waals surface area contributed by atoms with Crippen LogP contribution in [0.1, 0.15) is 5.56 Å². The van der Waals surface area contributed by atoms with Gasteiger partial charge >= 0.3 is 0 Å². The molecule has 5 nitrogen and oxygen atoms in total. The van der Waals surface area contributed by atoms with Gasteiger partial charge in [-0.15, -0.1) is 0 Å². The number of rotatable bonds is 3. The minimum Gasteiger partial charge on any atom is -0.340 e. The fourth-order valence-corrected chi connectivity index (χ4v) is 2.57. The van der Waals surface area contributed by atoms with E-state index < -0.39 is 0 Å². The van der Waals surface area contributed by atoms with Crippen molar-refractivity contribution in [3.63, 3.8) is 0 Å². The van der Waals surface area contributed by atoms with Crippen molar-refractivity contribution in [2.45, 2.75) is 6.92 Å². The minimum atomic E-state index is -0.286. The molecule has 0 aliphatic rings. The molecule has 118 valence electrons. The lowest BCUT2D eigenvalue weighted by Crippen LogP contribution is -1.99. The molecule has 4 rings (SSSR count). The smallest absolute Gasteiger partial charge is 0.168 e. The van der Waals surface area contributed by atoms with Crippen LogP contribution < -0.4 is 5.32 Å². The number of nitrogens with one attached hydrogen (secondary N) is 1. The Hall–Kier alpha value is -3.28. The van der Waals surface area contributed by atoms with Crippen molar-refractivity contribution in [1.82, 2.24) is 19.7 Å². The summed E-state index contributed by atoms with van der Waals surface area (Å²) in [7, 11) is 0. The fourth-order valence-electron chi connectivity index (χ4n) is 2.57. The molecule has 0 atom stereocenters. The molecule has 2 aromatic heterocycles. The van der Waals surface area contributed by atoms with Gasteiger partial charge < -0.3 is 5.32 Å². The zero-order valence-electron chi connectivity index (χ0n) is 12.9. The van der Waals surface area contributed by atoms with Crippen LogP contribution in [-0.4, -0.2) is 19.7 Å². The van der Waals surface area contributed by atoms with Crippen LogP contribution in [-0.2, 0) is 0 Å². The van der Waals surface area contributed by atoms with Crippen molar-refractivity contribution in [2.75, 3.05) is 5.32 Å². The zero-order valence-corrected chi connectivity index (χ0v) is 12.9. The molecule has 0 saturated carbocycles. The first-order valence-electron chi connectivity index (χ1n) is 7.49. The first-order valence-corrected chi connectivity index (χ1v) is 7.49. The summed E-state index contributed by atoms with van der Waals surface area (Å²) in [6, 6.07) is 14.2. The predicted molar refractivity (Wildman–Crippen MR) is 91.1 cm³/mol. The molecule has 1 N–H and O–H groups in total. The first-order chi connectivity index (χ1) is 11.7. The summed E-state index contributed by atoms with van der Waals surface area (Å²) in [4.78, 5) is 8.63. The van der Waals surface area contributed by atoms with Gasteiger partial charge in [0.15, 0.2) is 5.65 Å². The highest BCUT2D eigenvalue weighted by molar-refractivity contribution is 5.89. The highest BCUT2D eigenvalue weighted by Crippen LogP contribution is 2.24. The van der Waals surface area contributed by atoms with E-state index in [-0.39, 0.29) is 5.82 Å². The molecule has 24 heavy (non-hydrogen) atoms. The standard InChI is InChI=1S/C18H14FN5/c1-12-3-2-4-14(9-12)23-17-16-10-22-24(18(16)21-11-20-17)15-7-5-13(19)6-8-15/h2-11H,1H3,(H,20,21,23). The molecule has 6 heteroatoms. The van der Waals surface area contributed by atoms with Crippen molar-refractivity contribution in [2.24, 2.45) is 0 Å². The van der Waals surface area contributed by atoms with Gasteiger partial charge in [0.25, 0.3) is 0 Å². The third-order valence-electron chi connectivity index (χ3n) is 3.72. The average Bonchev–Trinajstić information content (AvgIpc) is 3.01. The number of hydrogen-bond acceptors (Lipinski definition) is 4. The molecule has 0 bridgehead atoms. The van der Waals surface area contributed by atoms with Crippen molar-refractivity contribution in [1.29, 1.82) is 0 Å².